The molecule has 1 amide bonds. The SMILES string of the molecule is COc1cc(-c2cnc3c(n2)c(-c2cc(F)c(C(=O)N(C)CC4CCOC4)c(F)c2)cn3SI)cc2c1CNCC2. The fourth-order valence-corrected chi connectivity index (χ4v) is 6.83. The zero-order chi connectivity index (χ0) is 28.7. The molecule has 1 saturated heterocycles. The minimum Gasteiger partial charge on any atom is -0.496 e. The predicted molar refractivity (Wildman–Crippen MR) is 163 cm³/mol. The van der Waals surface area contributed by atoms with E-state index >= 15 is 8.78 Å². The van der Waals surface area contributed by atoms with E-state index in [0.717, 1.165) is 42.8 Å². The Balaban J connectivity index is 1.39. The summed E-state index contributed by atoms with van der Waals surface area (Å²) in [5, 5.41) is 3.37. The van der Waals surface area contributed by atoms with Crippen LogP contribution in [0.1, 0.15) is 27.9 Å². The van der Waals surface area contributed by atoms with Gasteiger partial charge in [0.05, 0.1) is 25.6 Å². The Morgan fingerprint density at radius 1 is 1.27 bits per heavy atom. The summed E-state index contributed by atoms with van der Waals surface area (Å²) < 4.78 is 43.7. The molecule has 1 N–H and O–H groups in total. The standard InChI is InChI=1S/C29H28F2IN5O3S/c1-36(13-16-4-6-40-15-16)29(38)26-22(30)8-18(9-23(26)31)21-14-37(41-32)28-27(21)35-24(12-34-28)19-7-17-3-5-33-11-20(17)25(10-19)39-2/h7-10,12,14,16,33H,3-6,11,13,15H2,1-2H3. The summed E-state index contributed by atoms with van der Waals surface area (Å²) in [5.41, 5.74) is 5.09. The number of fused-ring (bicyclic) bond motifs is 2. The van der Waals surface area contributed by atoms with Crippen molar-refractivity contribution in [3.8, 4) is 28.1 Å². The molecule has 2 aromatic carbocycles. The minimum atomic E-state index is -0.917. The van der Waals surface area contributed by atoms with E-state index in [1.807, 2.05) is 6.07 Å². The molecule has 8 nitrogen and oxygen atoms in total. The van der Waals surface area contributed by atoms with Gasteiger partial charge >= 0.3 is 0 Å². The van der Waals surface area contributed by atoms with Gasteiger partial charge in [0.15, 0.2) is 5.65 Å². The van der Waals surface area contributed by atoms with Crippen molar-refractivity contribution in [1.29, 1.82) is 0 Å². The van der Waals surface area contributed by atoms with Gasteiger partial charge < -0.3 is 19.7 Å². The number of nitrogens with zero attached hydrogens (tertiary/aromatic N) is 4. The van der Waals surface area contributed by atoms with Gasteiger partial charge in [0.2, 0.25) is 0 Å². The average Bonchev–Trinajstić information content (AvgIpc) is 3.63. The van der Waals surface area contributed by atoms with Crippen LogP contribution in [0.3, 0.4) is 0 Å². The second-order valence-electron chi connectivity index (χ2n) is 10.3. The first-order valence-electron chi connectivity index (χ1n) is 13.3. The molecule has 0 radical (unpaired) electrons. The lowest BCUT2D eigenvalue weighted by molar-refractivity contribution is 0.0756. The normalized spacial score (nSPS) is 16.7. The lowest BCUT2D eigenvalue weighted by Crippen LogP contribution is -2.33. The number of nitrogens with one attached hydrogen (secondary N) is 1. The number of hydrogen-bond donors (Lipinski definition) is 1. The first kappa shape index (κ1) is 28.3. The highest BCUT2D eigenvalue weighted by Gasteiger charge is 2.27. The Kier molecular flexibility index (Phi) is 8.16. The maximum Gasteiger partial charge on any atom is 0.259 e. The summed E-state index contributed by atoms with van der Waals surface area (Å²) in [6.07, 6.45) is 5.15. The molecule has 1 atom stereocenters. The fraction of sp³-hybridized carbons (Fsp3) is 0.345. The highest BCUT2D eigenvalue weighted by Crippen LogP contribution is 2.37. The lowest BCUT2D eigenvalue weighted by Gasteiger charge is -2.21. The first-order chi connectivity index (χ1) is 19.9. The largest absolute Gasteiger partial charge is 0.496 e. The molecule has 4 aromatic rings. The molecule has 1 unspecified atom stereocenters. The van der Waals surface area contributed by atoms with Gasteiger partial charge in [0, 0.05) is 85.9 Å². The van der Waals surface area contributed by atoms with Crippen LogP contribution in [-0.2, 0) is 17.7 Å². The first-order valence-corrected chi connectivity index (χ1v) is 16.6. The Bertz CT molecular complexity index is 1600. The van der Waals surface area contributed by atoms with Gasteiger partial charge in [-0.15, -0.1) is 0 Å². The van der Waals surface area contributed by atoms with Gasteiger partial charge in [-0.25, -0.2) is 18.7 Å². The average molecular weight is 692 g/mol. The Morgan fingerprint density at radius 2 is 2.07 bits per heavy atom. The number of ether oxygens (including phenoxy) is 2. The van der Waals surface area contributed by atoms with Crippen molar-refractivity contribution >= 4 is 47.4 Å². The number of carbonyl (C=O) groups excluding carboxylic acids is 1. The van der Waals surface area contributed by atoms with Gasteiger partial charge in [-0.05, 0) is 54.8 Å². The van der Waals surface area contributed by atoms with E-state index in [4.69, 9.17) is 14.5 Å². The predicted octanol–water partition coefficient (Wildman–Crippen LogP) is 5.65. The Hall–Kier alpha value is -2.81. The van der Waals surface area contributed by atoms with Crippen LogP contribution in [0.5, 0.6) is 5.75 Å². The second-order valence-corrected chi connectivity index (χ2v) is 12.1. The van der Waals surface area contributed by atoms with Crippen LogP contribution in [-0.4, -0.2) is 65.2 Å². The monoisotopic (exact) mass is 691 g/mol. The highest BCUT2D eigenvalue weighted by atomic mass is 127. The molecule has 2 aliphatic heterocycles. The zero-order valence-electron chi connectivity index (χ0n) is 22.5. The molecule has 12 heteroatoms. The van der Waals surface area contributed by atoms with Crippen LogP contribution in [0.2, 0.25) is 0 Å². The highest BCUT2D eigenvalue weighted by molar-refractivity contribution is 14.2. The van der Waals surface area contributed by atoms with Gasteiger partial charge in [-0.3, -0.25) is 8.77 Å². The lowest BCUT2D eigenvalue weighted by atomic mass is 9.96. The van der Waals surface area contributed by atoms with Crippen molar-refractivity contribution in [2.75, 3.05) is 40.5 Å². The number of rotatable bonds is 7. The van der Waals surface area contributed by atoms with E-state index in [9.17, 15) is 4.79 Å². The third-order valence-corrected chi connectivity index (χ3v) is 9.40. The summed E-state index contributed by atoms with van der Waals surface area (Å²) in [4.78, 5) is 23.9. The van der Waals surface area contributed by atoms with Crippen molar-refractivity contribution < 1.29 is 23.0 Å². The minimum absolute atomic E-state index is 0.158. The molecular formula is C29H28F2IN5O3S. The molecule has 0 aliphatic carbocycles. The molecule has 214 valence electrons. The van der Waals surface area contributed by atoms with Crippen molar-refractivity contribution in [2.24, 2.45) is 5.92 Å². The van der Waals surface area contributed by atoms with Crippen LogP contribution in [0.4, 0.5) is 8.78 Å². The number of carbonyl (C=O) groups is 1. The number of benzene rings is 2. The number of hydrogen-bond acceptors (Lipinski definition) is 7. The molecule has 2 aromatic heterocycles. The third-order valence-electron chi connectivity index (χ3n) is 7.70. The van der Waals surface area contributed by atoms with Crippen LogP contribution in [0.15, 0.2) is 36.7 Å². The van der Waals surface area contributed by atoms with E-state index in [-0.39, 0.29) is 11.5 Å². The quantitative estimate of drug-likeness (QED) is 0.251. The molecule has 0 spiro atoms. The Morgan fingerprint density at radius 3 is 2.78 bits per heavy atom. The third kappa shape index (κ3) is 5.42. The Labute approximate surface area is 252 Å². The molecule has 4 heterocycles. The molecule has 6 rings (SSSR count). The maximum absolute atomic E-state index is 15.4. The van der Waals surface area contributed by atoms with E-state index in [0.29, 0.717) is 42.2 Å². The van der Waals surface area contributed by atoms with Gasteiger partial charge in [-0.2, -0.15) is 0 Å². The summed E-state index contributed by atoms with van der Waals surface area (Å²) in [6, 6.07) is 6.44. The molecule has 1 fully saturated rings. The van der Waals surface area contributed by atoms with Gasteiger partial charge in [-0.1, -0.05) is 0 Å². The second kappa shape index (κ2) is 11.8. The van der Waals surface area contributed by atoms with Gasteiger partial charge in [0.25, 0.3) is 5.91 Å². The van der Waals surface area contributed by atoms with Crippen molar-refractivity contribution in [2.45, 2.75) is 19.4 Å². The van der Waals surface area contributed by atoms with Crippen LogP contribution < -0.4 is 10.1 Å². The molecular weight excluding hydrogens is 663 g/mol. The van der Waals surface area contributed by atoms with Crippen molar-refractivity contribution in [1.82, 2.24) is 24.2 Å². The smallest absolute Gasteiger partial charge is 0.259 e. The van der Waals surface area contributed by atoms with E-state index < -0.39 is 23.1 Å². The van der Waals surface area contributed by atoms with E-state index in [1.165, 1.54) is 31.7 Å². The van der Waals surface area contributed by atoms with E-state index in [1.54, 1.807) is 30.5 Å². The summed E-state index contributed by atoms with van der Waals surface area (Å²) in [7, 11) is 4.58. The van der Waals surface area contributed by atoms with Crippen molar-refractivity contribution in [3.63, 3.8) is 0 Å². The number of halogens is 3. The zero-order valence-corrected chi connectivity index (χ0v) is 25.5. The molecule has 0 bridgehead atoms. The maximum atomic E-state index is 15.4. The topological polar surface area (TPSA) is 81.5 Å². The van der Waals surface area contributed by atoms with E-state index in [2.05, 4.69) is 37.6 Å². The van der Waals surface area contributed by atoms with Crippen LogP contribution >= 0.6 is 30.3 Å². The molecule has 41 heavy (non-hydrogen) atoms. The van der Waals surface area contributed by atoms with Crippen LogP contribution in [0.25, 0.3) is 33.5 Å². The summed E-state index contributed by atoms with van der Waals surface area (Å²) in [6.45, 7) is 3.17. The van der Waals surface area contributed by atoms with Gasteiger partial charge in [0.1, 0.15) is 28.5 Å². The van der Waals surface area contributed by atoms with Crippen LogP contribution in [0, 0.1) is 17.6 Å². The fourth-order valence-electron chi connectivity index (χ4n) is 5.58. The number of amides is 1. The number of methoxy groups -OCH3 is 1. The molecule has 2 aliphatic rings. The van der Waals surface area contributed by atoms with Crippen molar-refractivity contribution in [3.05, 3.63) is 65.0 Å². The summed E-state index contributed by atoms with van der Waals surface area (Å²) >= 11 is 2.12. The summed E-state index contributed by atoms with van der Waals surface area (Å²) in [5.74, 6) is -1.59. The number of aromatic nitrogens is 3. The molecule has 0 saturated carbocycles.